The maximum Gasteiger partial charge on any atom is 0.237 e. The Labute approximate surface area is 152 Å². The van der Waals surface area contributed by atoms with Gasteiger partial charge >= 0.3 is 0 Å². The lowest BCUT2D eigenvalue weighted by molar-refractivity contribution is -0.115. The second-order valence-corrected chi connectivity index (χ2v) is 8.03. The van der Waals surface area contributed by atoms with Gasteiger partial charge in [0.05, 0.1) is 26.1 Å². The number of benzene rings is 2. The van der Waals surface area contributed by atoms with Crippen molar-refractivity contribution in [2.45, 2.75) is 16.5 Å². The highest BCUT2D eigenvalue weighted by Crippen LogP contribution is 2.32. The Balaban J connectivity index is 1.68. The first-order valence-electron chi connectivity index (χ1n) is 7.09. The quantitative estimate of drug-likeness (QED) is 0.658. The van der Waals surface area contributed by atoms with Gasteiger partial charge in [-0.2, -0.15) is 5.26 Å². The number of aromatic nitrogens is 1. The Morgan fingerprint density at radius 2 is 2.17 bits per heavy atom. The molecule has 24 heavy (non-hydrogen) atoms. The number of hydrogen-bond donors (Lipinski definition) is 1. The molecule has 0 saturated carbocycles. The van der Waals surface area contributed by atoms with Crippen molar-refractivity contribution in [2.24, 2.45) is 0 Å². The molecule has 2 aromatic carbocycles. The molecule has 1 aromatic heterocycles. The summed E-state index contributed by atoms with van der Waals surface area (Å²) in [5.41, 5.74) is 1.89. The van der Waals surface area contributed by atoms with Crippen LogP contribution in [0.3, 0.4) is 0 Å². The maximum atomic E-state index is 12.3. The van der Waals surface area contributed by atoms with Crippen LogP contribution in [0.25, 0.3) is 10.2 Å². The number of hydrogen-bond acceptors (Lipinski definition) is 5. The van der Waals surface area contributed by atoms with E-state index in [9.17, 15) is 4.79 Å². The first kappa shape index (κ1) is 16.8. The molecule has 3 aromatic rings. The lowest BCUT2D eigenvalue weighted by atomic mass is 10.2. The van der Waals surface area contributed by atoms with Crippen LogP contribution in [-0.4, -0.2) is 16.1 Å². The van der Waals surface area contributed by atoms with Crippen molar-refractivity contribution in [3.8, 4) is 6.07 Å². The molecule has 0 radical (unpaired) electrons. The lowest BCUT2D eigenvalue weighted by Gasteiger charge is -2.11. The van der Waals surface area contributed by atoms with E-state index in [4.69, 9.17) is 16.9 Å². The number of rotatable bonds is 4. The van der Waals surface area contributed by atoms with Crippen LogP contribution in [0, 0.1) is 11.3 Å². The van der Waals surface area contributed by atoms with Gasteiger partial charge in [-0.1, -0.05) is 35.5 Å². The van der Waals surface area contributed by atoms with Gasteiger partial charge in [0.1, 0.15) is 6.07 Å². The van der Waals surface area contributed by atoms with E-state index in [2.05, 4.69) is 10.3 Å². The smallest absolute Gasteiger partial charge is 0.237 e. The van der Waals surface area contributed by atoms with E-state index in [1.54, 1.807) is 29.5 Å². The predicted molar refractivity (Wildman–Crippen MR) is 99.7 cm³/mol. The van der Waals surface area contributed by atoms with Crippen LogP contribution in [0.2, 0.25) is 5.02 Å². The van der Waals surface area contributed by atoms with Crippen LogP contribution in [0.5, 0.6) is 0 Å². The fourth-order valence-corrected chi connectivity index (χ4v) is 4.47. The molecule has 0 aliphatic carbocycles. The highest BCUT2D eigenvalue weighted by Gasteiger charge is 2.17. The zero-order chi connectivity index (χ0) is 17.1. The number of nitriles is 1. The van der Waals surface area contributed by atoms with E-state index >= 15 is 0 Å². The standard InChI is InChI=1S/C17H12ClN3OS2/c1-10(23-17-21-14-4-2-3-5-15(14)24-17)16(22)20-12-7-6-11(9-19)13(18)8-12/h2-8,10H,1H3,(H,20,22). The largest absolute Gasteiger partial charge is 0.325 e. The Hall–Kier alpha value is -2.07. The highest BCUT2D eigenvalue weighted by atomic mass is 35.5. The van der Waals surface area contributed by atoms with Gasteiger partial charge in [0.2, 0.25) is 5.91 Å². The number of halogens is 1. The first-order valence-corrected chi connectivity index (χ1v) is 9.17. The summed E-state index contributed by atoms with van der Waals surface area (Å²) in [6, 6.07) is 14.7. The second kappa shape index (κ2) is 7.22. The summed E-state index contributed by atoms with van der Waals surface area (Å²) < 4.78 is 1.96. The van der Waals surface area contributed by atoms with Crippen molar-refractivity contribution in [2.75, 3.05) is 5.32 Å². The van der Waals surface area contributed by atoms with Crippen LogP contribution < -0.4 is 5.32 Å². The van der Waals surface area contributed by atoms with Crippen molar-refractivity contribution in [1.82, 2.24) is 4.98 Å². The molecule has 1 heterocycles. The molecule has 1 unspecified atom stereocenters. The lowest BCUT2D eigenvalue weighted by Crippen LogP contribution is -2.22. The molecule has 0 bridgehead atoms. The number of carbonyl (C=O) groups is 1. The van der Waals surface area contributed by atoms with Gasteiger partial charge in [-0.3, -0.25) is 4.79 Å². The molecule has 0 saturated heterocycles. The van der Waals surface area contributed by atoms with Crippen LogP contribution in [0.15, 0.2) is 46.8 Å². The summed E-state index contributed by atoms with van der Waals surface area (Å²) in [5.74, 6) is -0.139. The van der Waals surface area contributed by atoms with Gasteiger partial charge in [0.25, 0.3) is 0 Å². The molecule has 0 spiro atoms. The van der Waals surface area contributed by atoms with Crippen LogP contribution >= 0.6 is 34.7 Å². The van der Waals surface area contributed by atoms with E-state index in [0.717, 1.165) is 14.6 Å². The fraction of sp³-hybridized carbons (Fsp3) is 0.118. The van der Waals surface area contributed by atoms with Crippen LogP contribution in [0.4, 0.5) is 5.69 Å². The Kier molecular flexibility index (Phi) is 5.05. The van der Waals surface area contributed by atoms with Crippen LogP contribution in [-0.2, 0) is 4.79 Å². The average molecular weight is 374 g/mol. The van der Waals surface area contributed by atoms with E-state index in [1.807, 2.05) is 37.3 Å². The van der Waals surface area contributed by atoms with Gasteiger partial charge in [0.15, 0.2) is 4.34 Å². The Bertz CT molecular complexity index is 915. The molecule has 120 valence electrons. The van der Waals surface area contributed by atoms with E-state index in [-0.39, 0.29) is 11.2 Å². The average Bonchev–Trinajstić information content (AvgIpc) is 2.97. The second-order valence-electron chi connectivity index (χ2n) is 5.00. The van der Waals surface area contributed by atoms with Crippen molar-refractivity contribution in [1.29, 1.82) is 5.26 Å². The number of thiazole rings is 1. The maximum absolute atomic E-state index is 12.3. The van der Waals surface area contributed by atoms with Crippen molar-refractivity contribution in [3.63, 3.8) is 0 Å². The summed E-state index contributed by atoms with van der Waals surface area (Å²) in [6.07, 6.45) is 0. The Morgan fingerprint density at radius 1 is 1.38 bits per heavy atom. The number of nitrogens with zero attached hydrogens (tertiary/aromatic N) is 2. The number of thioether (sulfide) groups is 1. The van der Waals surface area contributed by atoms with Gasteiger partial charge in [0, 0.05) is 5.69 Å². The van der Waals surface area contributed by atoms with E-state index in [1.165, 1.54) is 11.8 Å². The number of anilines is 1. The van der Waals surface area contributed by atoms with Gasteiger partial charge in [-0.05, 0) is 37.3 Å². The third-order valence-electron chi connectivity index (χ3n) is 3.28. The molecule has 1 N–H and O–H groups in total. The molecular formula is C17H12ClN3OS2. The summed E-state index contributed by atoms with van der Waals surface area (Å²) in [5, 5.41) is 11.7. The molecular weight excluding hydrogens is 362 g/mol. The van der Waals surface area contributed by atoms with Gasteiger partial charge < -0.3 is 5.32 Å². The number of carbonyl (C=O) groups excluding carboxylic acids is 1. The number of para-hydroxylation sites is 1. The molecule has 1 atom stereocenters. The SMILES string of the molecule is CC(Sc1nc2ccccc2s1)C(=O)Nc1ccc(C#N)c(Cl)c1. The third kappa shape index (κ3) is 3.70. The summed E-state index contributed by atoms with van der Waals surface area (Å²) in [7, 11) is 0. The molecule has 3 rings (SSSR count). The molecule has 4 nitrogen and oxygen atoms in total. The number of fused-ring (bicyclic) bond motifs is 1. The number of amides is 1. The topological polar surface area (TPSA) is 65.8 Å². The molecule has 7 heteroatoms. The minimum atomic E-state index is -0.306. The normalized spacial score (nSPS) is 11.9. The Morgan fingerprint density at radius 3 is 2.88 bits per heavy atom. The van der Waals surface area contributed by atoms with Crippen molar-refractivity contribution in [3.05, 3.63) is 53.1 Å². The molecule has 0 aliphatic rings. The predicted octanol–water partition coefficient (Wildman–Crippen LogP) is 4.94. The molecule has 0 fully saturated rings. The van der Waals surface area contributed by atoms with Crippen LogP contribution in [0.1, 0.15) is 12.5 Å². The molecule has 0 aliphatic heterocycles. The van der Waals surface area contributed by atoms with Gasteiger partial charge in [-0.15, -0.1) is 11.3 Å². The third-order valence-corrected chi connectivity index (χ3v) is 5.82. The zero-order valence-corrected chi connectivity index (χ0v) is 15.0. The van der Waals surface area contributed by atoms with E-state index < -0.39 is 0 Å². The monoisotopic (exact) mass is 373 g/mol. The minimum Gasteiger partial charge on any atom is -0.325 e. The highest BCUT2D eigenvalue weighted by molar-refractivity contribution is 8.02. The summed E-state index contributed by atoms with van der Waals surface area (Å²) in [6.45, 7) is 1.83. The summed E-state index contributed by atoms with van der Waals surface area (Å²) >= 11 is 8.97. The number of nitrogens with one attached hydrogen (secondary N) is 1. The van der Waals surface area contributed by atoms with E-state index in [0.29, 0.717) is 16.3 Å². The van der Waals surface area contributed by atoms with Crippen molar-refractivity contribution < 1.29 is 4.79 Å². The summed E-state index contributed by atoms with van der Waals surface area (Å²) in [4.78, 5) is 16.9. The first-order chi connectivity index (χ1) is 11.6. The fourth-order valence-electron chi connectivity index (χ4n) is 2.03. The minimum absolute atomic E-state index is 0.139. The van der Waals surface area contributed by atoms with Crippen molar-refractivity contribution >= 4 is 56.5 Å². The zero-order valence-electron chi connectivity index (χ0n) is 12.6. The molecule has 1 amide bonds. The van der Waals surface area contributed by atoms with Gasteiger partial charge in [-0.25, -0.2) is 4.98 Å².